The van der Waals surface area contributed by atoms with Crippen LogP contribution in [0.15, 0.2) is 34.0 Å². The van der Waals surface area contributed by atoms with Gasteiger partial charge in [-0.15, -0.1) is 0 Å². The van der Waals surface area contributed by atoms with Gasteiger partial charge in [0.1, 0.15) is 0 Å². The van der Waals surface area contributed by atoms with Crippen LogP contribution in [0.1, 0.15) is 5.56 Å². The summed E-state index contributed by atoms with van der Waals surface area (Å²) in [5.74, 6) is 0. The predicted octanol–water partition coefficient (Wildman–Crippen LogP) is 1.93. The van der Waals surface area contributed by atoms with Crippen molar-refractivity contribution in [2.45, 2.75) is 0 Å². The van der Waals surface area contributed by atoms with Crippen LogP contribution in [0.3, 0.4) is 0 Å². The largest absolute Gasteiger partial charge is 0.361 e. The molecular formula is C10H9BrN4O. The van der Waals surface area contributed by atoms with E-state index in [1.54, 1.807) is 0 Å². The average Bonchev–Trinajstić information content (AvgIpc) is 2.60. The Hall–Kier alpha value is -1.82. The molecule has 1 aromatic carbocycles. The Bertz CT molecular complexity index is 561. The van der Waals surface area contributed by atoms with Crippen molar-refractivity contribution in [2.75, 3.05) is 0 Å². The van der Waals surface area contributed by atoms with Gasteiger partial charge in [-0.3, -0.25) is 0 Å². The van der Waals surface area contributed by atoms with Gasteiger partial charge in [-0.1, -0.05) is 15.9 Å². The summed E-state index contributed by atoms with van der Waals surface area (Å²) in [4.78, 5) is 13.5. The Morgan fingerprint density at radius 2 is 2.38 bits per heavy atom. The number of urea groups is 1. The van der Waals surface area contributed by atoms with Gasteiger partial charge in [0.15, 0.2) is 0 Å². The second-order valence-electron chi connectivity index (χ2n) is 3.17. The van der Waals surface area contributed by atoms with Gasteiger partial charge in [0, 0.05) is 27.1 Å². The number of rotatable bonds is 2. The number of hydrogen-bond donors (Lipinski definition) is 3. The van der Waals surface area contributed by atoms with Crippen molar-refractivity contribution in [2.24, 2.45) is 10.8 Å². The summed E-state index contributed by atoms with van der Waals surface area (Å²) >= 11 is 3.39. The molecule has 0 saturated carbocycles. The number of amides is 2. The number of hydrogen-bond acceptors (Lipinski definition) is 2. The van der Waals surface area contributed by atoms with E-state index in [1.807, 2.05) is 24.4 Å². The van der Waals surface area contributed by atoms with Crippen LogP contribution >= 0.6 is 15.9 Å². The fourth-order valence-corrected chi connectivity index (χ4v) is 1.75. The van der Waals surface area contributed by atoms with Gasteiger partial charge in [0.2, 0.25) is 0 Å². The third-order valence-corrected chi connectivity index (χ3v) is 2.55. The molecule has 0 fully saturated rings. The van der Waals surface area contributed by atoms with Crippen molar-refractivity contribution in [3.8, 4) is 0 Å². The number of halogens is 1. The number of benzene rings is 1. The number of primary amides is 1. The fourth-order valence-electron chi connectivity index (χ4n) is 1.39. The third-order valence-electron chi connectivity index (χ3n) is 2.05. The maximum atomic E-state index is 10.4. The van der Waals surface area contributed by atoms with E-state index in [0.29, 0.717) is 0 Å². The molecule has 6 heteroatoms. The van der Waals surface area contributed by atoms with Crippen LogP contribution in [0.2, 0.25) is 0 Å². The maximum Gasteiger partial charge on any atom is 0.332 e. The van der Waals surface area contributed by atoms with Crippen LogP contribution < -0.4 is 11.2 Å². The predicted molar refractivity (Wildman–Crippen MR) is 66.3 cm³/mol. The van der Waals surface area contributed by atoms with Crippen LogP contribution in [-0.4, -0.2) is 17.2 Å². The van der Waals surface area contributed by atoms with Crippen molar-refractivity contribution in [1.29, 1.82) is 0 Å². The summed E-state index contributed by atoms with van der Waals surface area (Å²) in [7, 11) is 0. The lowest BCUT2D eigenvalue weighted by Gasteiger charge is -1.93. The molecule has 0 radical (unpaired) electrons. The van der Waals surface area contributed by atoms with E-state index in [2.05, 4.69) is 31.4 Å². The summed E-state index contributed by atoms with van der Waals surface area (Å²) in [6.07, 6.45) is 3.35. The number of H-pyrrole nitrogens is 1. The lowest BCUT2D eigenvalue weighted by atomic mass is 10.2. The molecule has 0 aliphatic rings. The van der Waals surface area contributed by atoms with Gasteiger partial charge in [-0.05, 0) is 18.2 Å². The number of hydrazone groups is 1. The van der Waals surface area contributed by atoms with Gasteiger partial charge in [-0.2, -0.15) is 5.10 Å². The first-order valence-corrected chi connectivity index (χ1v) is 5.31. The van der Waals surface area contributed by atoms with Crippen molar-refractivity contribution >= 4 is 39.1 Å². The van der Waals surface area contributed by atoms with Gasteiger partial charge in [0.05, 0.1) is 6.21 Å². The number of aromatic amines is 1. The van der Waals surface area contributed by atoms with Crippen LogP contribution in [0.4, 0.5) is 4.79 Å². The second-order valence-corrected chi connectivity index (χ2v) is 4.08. The van der Waals surface area contributed by atoms with E-state index >= 15 is 0 Å². The number of aromatic nitrogens is 1. The maximum absolute atomic E-state index is 10.4. The monoisotopic (exact) mass is 280 g/mol. The molecule has 1 heterocycles. The minimum Gasteiger partial charge on any atom is -0.361 e. The topological polar surface area (TPSA) is 83.3 Å². The van der Waals surface area contributed by atoms with Crippen molar-refractivity contribution in [3.05, 3.63) is 34.4 Å². The van der Waals surface area contributed by atoms with Crippen molar-refractivity contribution in [3.63, 3.8) is 0 Å². The van der Waals surface area contributed by atoms with E-state index in [9.17, 15) is 4.79 Å². The van der Waals surface area contributed by atoms with E-state index in [0.717, 1.165) is 20.9 Å². The average molecular weight is 281 g/mol. The Labute approximate surface area is 99.8 Å². The van der Waals surface area contributed by atoms with E-state index < -0.39 is 6.03 Å². The minimum atomic E-state index is -0.683. The highest BCUT2D eigenvalue weighted by atomic mass is 79.9. The molecule has 0 unspecified atom stereocenters. The lowest BCUT2D eigenvalue weighted by molar-refractivity contribution is 0.249. The molecule has 1 aromatic heterocycles. The van der Waals surface area contributed by atoms with Crippen LogP contribution in [0.25, 0.3) is 10.9 Å². The number of carbonyl (C=O) groups is 1. The van der Waals surface area contributed by atoms with Crippen LogP contribution in [0, 0.1) is 0 Å². The van der Waals surface area contributed by atoms with Crippen molar-refractivity contribution < 1.29 is 4.79 Å². The minimum absolute atomic E-state index is 0.683. The molecular weight excluding hydrogens is 272 g/mol. The Kier molecular flexibility index (Phi) is 2.91. The van der Waals surface area contributed by atoms with E-state index in [4.69, 9.17) is 5.73 Å². The second kappa shape index (κ2) is 4.36. The van der Waals surface area contributed by atoms with E-state index in [-0.39, 0.29) is 0 Å². The fraction of sp³-hybridized carbons (Fsp3) is 0. The zero-order chi connectivity index (χ0) is 11.5. The summed E-state index contributed by atoms with van der Waals surface area (Å²) in [6, 6.07) is 5.19. The SMILES string of the molecule is NC(=O)N/N=C/c1c[nH]c2ccc(Br)cc12. The highest BCUT2D eigenvalue weighted by molar-refractivity contribution is 9.10. The number of fused-ring (bicyclic) bond motifs is 1. The quantitative estimate of drug-likeness (QED) is 0.570. The molecule has 0 aliphatic heterocycles. The first-order valence-electron chi connectivity index (χ1n) is 4.52. The number of nitrogens with one attached hydrogen (secondary N) is 2. The molecule has 0 saturated heterocycles. The molecule has 0 bridgehead atoms. The Balaban J connectivity index is 2.34. The Morgan fingerprint density at radius 1 is 1.56 bits per heavy atom. The molecule has 5 nitrogen and oxygen atoms in total. The van der Waals surface area contributed by atoms with Gasteiger partial charge in [-0.25, -0.2) is 10.2 Å². The first kappa shape index (κ1) is 10.7. The summed E-state index contributed by atoms with van der Waals surface area (Å²) < 4.78 is 0.983. The highest BCUT2D eigenvalue weighted by Gasteiger charge is 2.01. The summed E-state index contributed by atoms with van der Waals surface area (Å²) in [6.45, 7) is 0. The molecule has 82 valence electrons. The molecule has 0 atom stereocenters. The molecule has 16 heavy (non-hydrogen) atoms. The van der Waals surface area contributed by atoms with Gasteiger partial charge in [0.25, 0.3) is 0 Å². The lowest BCUT2D eigenvalue weighted by Crippen LogP contribution is -2.24. The zero-order valence-electron chi connectivity index (χ0n) is 8.20. The number of nitrogens with zero attached hydrogens (tertiary/aromatic N) is 1. The number of nitrogens with two attached hydrogens (primary N) is 1. The molecule has 2 amide bonds. The standard InChI is InChI=1S/C10H9BrN4O/c11-7-1-2-9-8(3-7)6(4-13-9)5-14-15-10(12)16/h1-5,13H,(H3,12,15,16)/b14-5+. The van der Waals surface area contributed by atoms with Gasteiger partial charge >= 0.3 is 6.03 Å². The van der Waals surface area contributed by atoms with Gasteiger partial charge < -0.3 is 10.7 Å². The molecule has 4 N–H and O–H groups in total. The van der Waals surface area contributed by atoms with Crippen molar-refractivity contribution in [1.82, 2.24) is 10.4 Å². The zero-order valence-corrected chi connectivity index (χ0v) is 9.78. The summed E-state index contributed by atoms with van der Waals surface area (Å²) in [5, 5.41) is 4.73. The third kappa shape index (κ3) is 2.22. The highest BCUT2D eigenvalue weighted by Crippen LogP contribution is 2.21. The normalized spacial score (nSPS) is 11.1. The van der Waals surface area contributed by atoms with Crippen LogP contribution in [0.5, 0.6) is 0 Å². The smallest absolute Gasteiger partial charge is 0.332 e. The molecule has 2 aromatic rings. The first-order chi connectivity index (χ1) is 7.66. The Morgan fingerprint density at radius 3 is 3.12 bits per heavy atom. The van der Waals surface area contributed by atoms with E-state index in [1.165, 1.54) is 6.21 Å². The van der Waals surface area contributed by atoms with Crippen LogP contribution in [-0.2, 0) is 0 Å². The molecule has 0 aliphatic carbocycles. The number of carbonyl (C=O) groups excluding carboxylic acids is 1. The summed E-state index contributed by atoms with van der Waals surface area (Å²) in [5.41, 5.74) is 8.92. The molecule has 0 spiro atoms. The molecule has 2 rings (SSSR count).